The topological polar surface area (TPSA) is 150 Å². The van der Waals surface area contributed by atoms with Crippen molar-refractivity contribution in [1.29, 1.82) is 5.26 Å². The number of benzene rings is 3. The second kappa shape index (κ2) is 12.6. The van der Waals surface area contributed by atoms with Crippen LogP contribution in [0.15, 0.2) is 77.8 Å². The number of nitrogens with zero attached hydrogens (tertiary/aromatic N) is 3. The molecule has 3 atom stereocenters. The summed E-state index contributed by atoms with van der Waals surface area (Å²) in [5.74, 6) is 0.307. The van der Waals surface area contributed by atoms with Gasteiger partial charge in [-0.1, -0.05) is 36.2 Å². The molecule has 10 nitrogen and oxygen atoms in total. The van der Waals surface area contributed by atoms with Crippen molar-refractivity contribution in [2.24, 2.45) is 17.6 Å². The van der Waals surface area contributed by atoms with Crippen LogP contribution in [0, 0.1) is 23.2 Å². The molecule has 4 aromatic rings. The highest BCUT2D eigenvalue weighted by atomic mass is 35.5. The van der Waals surface area contributed by atoms with Gasteiger partial charge in [-0.2, -0.15) is 5.26 Å². The molecular weight excluding hydrogens is 614 g/mol. The Hall–Kier alpha value is -4.37. The molecule has 6 rings (SSSR count). The van der Waals surface area contributed by atoms with Gasteiger partial charge in [0.1, 0.15) is 23.6 Å². The average Bonchev–Trinajstić information content (AvgIpc) is 3.56. The number of nitriles is 1. The molecule has 12 heteroatoms. The first-order valence-electron chi connectivity index (χ1n) is 14.8. The van der Waals surface area contributed by atoms with Gasteiger partial charge in [0.05, 0.1) is 10.5 Å². The molecule has 1 saturated heterocycles. The zero-order chi connectivity index (χ0) is 31.7. The van der Waals surface area contributed by atoms with E-state index in [1.54, 1.807) is 30.5 Å². The number of urea groups is 1. The number of fused-ring (bicyclic) bond motifs is 1. The van der Waals surface area contributed by atoms with Gasteiger partial charge >= 0.3 is 6.03 Å². The molecule has 1 saturated carbocycles. The third-order valence-electron chi connectivity index (χ3n) is 8.68. The van der Waals surface area contributed by atoms with E-state index >= 15 is 0 Å². The molecule has 0 radical (unpaired) electrons. The number of carbonyl (C=O) groups is 2. The molecule has 3 amide bonds. The zero-order valence-electron chi connectivity index (χ0n) is 24.4. The first kappa shape index (κ1) is 30.6. The molecule has 1 aliphatic heterocycles. The van der Waals surface area contributed by atoms with Crippen LogP contribution in [0.3, 0.4) is 0 Å². The predicted octanol–water partition coefficient (Wildman–Crippen LogP) is 5.81. The Balaban J connectivity index is 1.35. The van der Waals surface area contributed by atoms with Gasteiger partial charge in [0, 0.05) is 35.1 Å². The number of halogens is 1. The van der Waals surface area contributed by atoms with Gasteiger partial charge in [-0.3, -0.25) is 9.69 Å². The van der Waals surface area contributed by atoms with Crippen LogP contribution in [0.5, 0.6) is 11.5 Å². The van der Waals surface area contributed by atoms with Crippen LogP contribution in [0.2, 0.25) is 5.02 Å². The van der Waals surface area contributed by atoms with E-state index in [9.17, 15) is 23.3 Å². The third kappa shape index (κ3) is 6.01. The summed E-state index contributed by atoms with van der Waals surface area (Å²) in [4.78, 5) is 31.9. The van der Waals surface area contributed by atoms with Gasteiger partial charge < -0.3 is 15.5 Å². The maximum atomic E-state index is 14.2. The van der Waals surface area contributed by atoms with Crippen molar-refractivity contribution in [3.8, 4) is 17.6 Å². The molecule has 232 valence electrons. The number of sulfonamides is 1. The summed E-state index contributed by atoms with van der Waals surface area (Å²) < 4.78 is 35.0. The fraction of sp³-hybridized carbons (Fsp3) is 0.303. The van der Waals surface area contributed by atoms with E-state index in [2.05, 4.69) is 4.98 Å². The molecule has 3 aromatic carbocycles. The summed E-state index contributed by atoms with van der Waals surface area (Å²) in [6, 6.07) is 17.6. The Morgan fingerprint density at radius 2 is 1.80 bits per heavy atom. The number of carbonyl (C=O) groups excluding carboxylic acids is 2. The third-order valence-corrected chi connectivity index (χ3v) is 10.7. The number of rotatable bonds is 9. The summed E-state index contributed by atoms with van der Waals surface area (Å²) in [5.41, 5.74) is 7.42. The zero-order valence-corrected chi connectivity index (χ0v) is 25.9. The van der Waals surface area contributed by atoms with Gasteiger partial charge in [-0.05, 0) is 91.7 Å². The van der Waals surface area contributed by atoms with Crippen molar-refractivity contribution in [2.75, 3.05) is 13.1 Å². The van der Waals surface area contributed by atoms with Gasteiger partial charge in [-0.25, -0.2) is 17.5 Å². The van der Waals surface area contributed by atoms with E-state index in [0.29, 0.717) is 33.1 Å². The average molecular weight is 646 g/mol. The minimum Gasteiger partial charge on any atom is -0.456 e. The molecule has 1 aromatic heterocycles. The van der Waals surface area contributed by atoms with Crippen molar-refractivity contribution >= 4 is 44.5 Å². The summed E-state index contributed by atoms with van der Waals surface area (Å²) in [6.07, 6.45) is 5.26. The lowest BCUT2D eigenvalue weighted by atomic mass is 9.81. The number of aromatic amines is 1. The lowest BCUT2D eigenvalue weighted by Gasteiger charge is -2.30. The first-order valence-corrected chi connectivity index (χ1v) is 16.6. The number of nitrogens with two attached hydrogens (primary N) is 1. The van der Waals surface area contributed by atoms with Crippen molar-refractivity contribution in [3.05, 3.63) is 89.1 Å². The molecule has 0 spiro atoms. The minimum absolute atomic E-state index is 0.0106. The van der Waals surface area contributed by atoms with Gasteiger partial charge in [0.15, 0.2) is 0 Å². The molecule has 3 N–H and O–H groups in total. The maximum Gasteiger partial charge on any atom is 0.341 e. The van der Waals surface area contributed by atoms with E-state index in [0.717, 1.165) is 47.6 Å². The Morgan fingerprint density at radius 1 is 1.04 bits per heavy atom. The van der Waals surface area contributed by atoms with Gasteiger partial charge in [0.2, 0.25) is 0 Å². The summed E-state index contributed by atoms with van der Waals surface area (Å²) in [7, 11) is -4.58. The maximum absolute atomic E-state index is 14.2. The van der Waals surface area contributed by atoms with Crippen LogP contribution in [0.1, 0.15) is 36.8 Å². The van der Waals surface area contributed by atoms with Crippen LogP contribution in [-0.4, -0.2) is 53.7 Å². The molecule has 3 unspecified atom stereocenters. The Labute approximate surface area is 266 Å². The second-order valence-corrected chi connectivity index (χ2v) is 13.8. The van der Waals surface area contributed by atoms with Crippen LogP contribution < -0.4 is 10.5 Å². The fourth-order valence-electron chi connectivity index (χ4n) is 6.37. The van der Waals surface area contributed by atoms with Crippen molar-refractivity contribution in [2.45, 2.75) is 43.0 Å². The normalized spacial score (nSPS) is 20.5. The van der Waals surface area contributed by atoms with Crippen LogP contribution in [-0.2, 0) is 21.2 Å². The molecule has 2 heterocycles. The number of nitrogens with one attached hydrogen (secondary N) is 1. The number of amides is 3. The second-order valence-electron chi connectivity index (χ2n) is 11.6. The van der Waals surface area contributed by atoms with Crippen LogP contribution in [0.4, 0.5) is 4.79 Å². The van der Waals surface area contributed by atoms with E-state index in [1.807, 2.05) is 30.3 Å². The quantitative estimate of drug-likeness (QED) is 0.218. The smallest absolute Gasteiger partial charge is 0.341 e. The number of para-hydroxylation sites is 1. The van der Waals surface area contributed by atoms with Crippen molar-refractivity contribution in [1.82, 2.24) is 14.2 Å². The molecular formula is C33H32ClN5O5S. The fourth-order valence-corrected chi connectivity index (χ4v) is 8.04. The lowest BCUT2D eigenvalue weighted by Crippen LogP contribution is -2.42. The summed E-state index contributed by atoms with van der Waals surface area (Å²) in [5, 5.41) is 11.2. The largest absolute Gasteiger partial charge is 0.456 e. The Morgan fingerprint density at radius 3 is 2.56 bits per heavy atom. The summed E-state index contributed by atoms with van der Waals surface area (Å²) in [6.45, 7) is 0.656. The predicted molar refractivity (Wildman–Crippen MR) is 169 cm³/mol. The Bertz CT molecular complexity index is 1900. The van der Waals surface area contributed by atoms with Crippen LogP contribution >= 0.6 is 11.6 Å². The van der Waals surface area contributed by atoms with E-state index < -0.39 is 28.0 Å². The standard InChI is InChI=1S/C33H32ClN5O5S/c34-25-8-10-26(11-9-25)44-31-13-12-27(15-23(31)18-36)45(42,43)39-30(16-24-19-37-29-7-2-1-6-28(24)29)32(40)38(33(39)41)20-22-5-3-4-21(14-22)17-35/h1-2,6-13,15,19,21-22,30,37H,3-5,14,16-17,20,35H2. The molecule has 45 heavy (non-hydrogen) atoms. The number of hydrogen-bond acceptors (Lipinski definition) is 7. The molecule has 2 fully saturated rings. The van der Waals surface area contributed by atoms with E-state index in [4.69, 9.17) is 22.1 Å². The highest BCUT2D eigenvalue weighted by molar-refractivity contribution is 7.89. The highest BCUT2D eigenvalue weighted by Crippen LogP contribution is 2.36. The summed E-state index contributed by atoms with van der Waals surface area (Å²) >= 11 is 5.95. The SMILES string of the molecule is N#Cc1cc(S(=O)(=O)N2C(=O)N(CC3CCCC(CN)C3)C(=O)C2Cc2c[nH]c3ccccc23)ccc1Oc1ccc(Cl)cc1. The molecule has 0 bridgehead atoms. The Kier molecular flexibility index (Phi) is 8.55. The number of hydrogen-bond donors (Lipinski definition) is 2. The number of imide groups is 1. The van der Waals surface area contributed by atoms with E-state index in [-0.39, 0.29) is 35.1 Å². The van der Waals surface area contributed by atoms with Gasteiger partial charge in [-0.15, -0.1) is 0 Å². The van der Waals surface area contributed by atoms with Gasteiger partial charge in [0.25, 0.3) is 15.9 Å². The van der Waals surface area contributed by atoms with Crippen molar-refractivity contribution in [3.63, 3.8) is 0 Å². The number of ether oxygens (including phenoxy) is 1. The molecule has 1 aliphatic carbocycles. The first-order chi connectivity index (χ1) is 21.7. The molecule has 2 aliphatic rings. The minimum atomic E-state index is -4.58. The highest BCUT2D eigenvalue weighted by Gasteiger charge is 2.52. The van der Waals surface area contributed by atoms with E-state index in [1.165, 1.54) is 12.1 Å². The van der Waals surface area contributed by atoms with Crippen molar-refractivity contribution < 1.29 is 22.7 Å². The monoisotopic (exact) mass is 645 g/mol. The number of aromatic nitrogens is 1. The lowest BCUT2D eigenvalue weighted by molar-refractivity contribution is -0.128. The van der Waals surface area contributed by atoms with Crippen LogP contribution in [0.25, 0.3) is 10.9 Å². The number of H-pyrrole nitrogens is 1.